The summed E-state index contributed by atoms with van der Waals surface area (Å²) in [5.74, 6) is 2.24. The molecule has 0 aliphatic carbocycles. The van der Waals surface area contributed by atoms with Gasteiger partial charge in [0.15, 0.2) is 5.96 Å². The van der Waals surface area contributed by atoms with Gasteiger partial charge in [0, 0.05) is 26.2 Å². The molecule has 0 saturated heterocycles. The summed E-state index contributed by atoms with van der Waals surface area (Å²) in [7, 11) is 0. The van der Waals surface area contributed by atoms with Crippen LogP contribution in [0.25, 0.3) is 5.57 Å². The average Bonchev–Trinajstić information content (AvgIpc) is 2.59. The highest BCUT2D eigenvalue weighted by Gasteiger charge is 2.15. The van der Waals surface area contributed by atoms with Gasteiger partial charge in [-0.1, -0.05) is 36.4 Å². The van der Waals surface area contributed by atoms with Gasteiger partial charge in [-0.05, 0) is 42.9 Å². The van der Waals surface area contributed by atoms with Crippen LogP contribution < -0.4 is 5.32 Å². The zero-order valence-corrected chi connectivity index (χ0v) is 14.5. The third kappa shape index (κ3) is 5.09. The number of rotatable bonds is 6. The van der Waals surface area contributed by atoms with Crippen molar-refractivity contribution in [3.8, 4) is 0 Å². The molecule has 0 fully saturated rings. The first kappa shape index (κ1) is 16.9. The average molecular weight is 318 g/mol. The van der Waals surface area contributed by atoms with Crippen LogP contribution in [0.15, 0.2) is 41.4 Å². The number of benzene rings is 1. The lowest BCUT2D eigenvalue weighted by molar-refractivity contribution is 0.440. The topological polar surface area (TPSA) is 27.6 Å². The monoisotopic (exact) mass is 317 g/mol. The first-order valence-corrected chi connectivity index (χ1v) is 9.51. The lowest BCUT2D eigenvalue weighted by atomic mass is 10.00. The molecule has 0 amide bonds. The second kappa shape index (κ2) is 9.57. The van der Waals surface area contributed by atoms with Gasteiger partial charge in [-0.2, -0.15) is 11.8 Å². The van der Waals surface area contributed by atoms with Crippen LogP contribution in [0.3, 0.4) is 0 Å². The standard InChI is InChI=1S/C18H27N3S/c1-3-19-18(20-12-7-15-22-2)21-13-10-17(11-14-21)16-8-5-4-6-9-16/h4-6,8-10H,3,7,11-15H2,1-2H3,(H,19,20). The fourth-order valence-electron chi connectivity index (χ4n) is 2.60. The number of hydrogen-bond acceptors (Lipinski definition) is 2. The van der Waals surface area contributed by atoms with E-state index in [0.717, 1.165) is 45.0 Å². The van der Waals surface area contributed by atoms with Crippen molar-refractivity contribution in [3.63, 3.8) is 0 Å². The minimum atomic E-state index is 0.912. The zero-order chi connectivity index (χ0) is 15.6. The summed E-state index contributed by atoms with van der Waals surface area (Å²) in [5.41, 5.74) is 2.80. The third-order valence-electron chi connectivity index (χ3n) is 3.76. The summed E-state index contributed by atoms with van der Waals surface area (Å²) < 4.78 is 0. The van der Waals surface area contributed by atoms with Crippen molar-refractivity contribution in [2.75, 3.05) is 38.2 Å². The molecule has 4 heteroatoms. The van der Waals surface area contributed by atoms with Crippen molar-refractivity contribution in [3.05, 3.63) is 42.0 Å². The molecular weight excluding hydrogens is 290 g/mol. The van der Waals surface area contributed by atoms with Crippen LogP contribution in [-0.4, -0.2) is 49.0 Å². The predicted molar refractivity (Wildman–Crippen MR) is 99.6 cm³/mol. The van der Waals surface area contributed by atoms with Gasteiger partial charge in [0.25, 0.3) is 0 Å². The molecule has 1 aliphatic heterocycles. The number of hydrogen-bond donors (Lipinski definition) is 1. The number of nitrogens with zero attached hydrogens (tertiary/aromatic N) is 2. The quantitative estimate of drug-likeness (QED) is 0.494. The van der Waals surface area contributed by atoms with E-state index in [9.17, 15) is 0 Å². The Labute approximate surface area is 138 Å². The SMILES string of the molecule is CCNC(=NCCCSC)N1CC=C(c2ccccc2)CC1. The molecular formula is C18H27N3S. The highest BCUT2D eigenvalue weighted by molar-refractivity contribution is 7.98. The van der Waals surface area contributed by atoms with E-state index in [-0.39, 0.29) is 0 Å². The molecule has 1 N–H and O–H groups in total. The molecule has 120 valence electrons. The van der Waals surface area contributed by atoms with E-state index in [1.54, 1.807) is 0 Å². The van der Waals surface area contributed by atoms with Crippen LogP contribution in [-0.2, 0) is 0 Å². The normalized spacial score (nSPS) is 15.6. The van der Waals surface area contributed by atoms with Gasteiger partial charge in [0.2, 0.25) is 0 Å². The molecule has 1 aromatic rings. The molecule has 2 rings (SSSR count). The molecule has 0 bridgehead atoms. The summed E-state index contributed by atoms with van der Waals surface area (Å²) in [6.07, 6.45) is 6.72. The van der Waals surface area contributed by atoms with Crippen LogP contribution in [0, 0.1) is 0 Å². The first-order chi connectivity index (χ1) is 10.8. The van der Waals surface area contributed by atoms with Gasteiger partial charge in [0.05, 0.1) is 0 Å². The summed E-state index contributed by atoms with van der Waals surface area (Å²) in [4.78, 5) is 7.12. The van der Waals surface area contributed by atoms with Gasteiger partial charge >= 0.3 is 0 Å². The van der Waals surface area contributed by atoms with E-state index < -0.39 is 0 Å². The van der Waals surface area contributed by atoms with Crippen LogP contribution in [0.4, 0.5) is 0 Å². The molecule has 3 nitrogen and oxygen atoms in total. The van der Waals surface area contributed by atoms with Crippen LogP contribution in [0.1, 0.15) is 25.3 Å². The van der Waals surface area contributed by atoms with E-state index in [4.69, 9.17) is 4.99 Å². The molecule has 0 aromatic heterocycles. The maximum atomic E-state index is 4.76. The summed E-state index contributed by atoms with van der Waals surface area (Å²) in [6, 6.07) is 10.7. The van der Waals surface area contributed by atoms with Gasteiger partial charge in [-0.15, -0.1) is 0 Å². The Hall–Kier alpha value is -1.42. The third-order valence-corrected chi connectivity index (χ3v) is 4.45. The lowest BCUT2D eigenvalue weighted by Crippen LogP contribution is -2.43. The Morgan fingerprint density at radius 3 is 2.77 bits per heavy atom. The highest BCUT2D eigenvalue weighted by Crippen LogP contribution is 2.21. The van der Waals surface area contributed by atoms with Gasteiger partial charge in [-0.3, -0.25) is 4.99 Å². The molecule has 0 radical (unpaired) electrons. The van der Waals surface area contributed by atoms with Crippen molar-refractivity contribution in [1.82, 2.24) is 10.2 Å². The molecule has 0 spiro atoms. The number of aliphatic imine (C=N–C) groups is 1. The van der Waals surface area contributed by atoms with Crippen LogP contribution in [0.2, 0.25) is 0 Å². The Morgan fingerprint density at radius 2 is 2.14 bits per heavy atom. The van der Waals surface area contributed by atoms with Crippen molar-refractivity contribution in [1.29, 1.82) is 0 Å². The fourth-order valence-corrected chi connectivity index (χ4v) is 3.01. The molecule has 1 heterocycles. The molecule has 1 aliphatic rings. The maximum absolute atomic E-state index is 4.76. The Bertz CT molecular complexity index is 496. The van der Waals surface area contributed by atoms with E-state index in [1.165, 1.54) is 16.9 Å². The largest absolute Gasteiger partial charge is 0.357 e. The van der Waals surface area contributed by atoms with Crippen molar-refractivity contribution < 1.29 is 0 Å². The molecule has 22 heavy (non-hydrogen) atoms. The van der Waals surface area contributed by atoms with Gasteiger partial charge in [0.1, 0.15) is 0 Å². The summed E-state index contributed by atoms with van der Waals surface area (Å²) in [5, 5.41) is 3.42. The smallest absolute Gasteiger partial charge is 0.194 e. The Balaban J connectivity index is 1.96. The van der Waals surface area contributed by atoms with E-state index in [1.807, 2.05) is 11.8 Å². The first-order valence-electron chi connectivity index (χ1n) is 8.11. The van der Waals surface area contributed by atoms with E-state index in [2.05, 4.69) is 59.8 Å². The maximum Gasteiger partial charge on any atom is 0.194 e. The minimum absolute atomic E-state index is 0.912. The van der Waals surface area contributed by atoms with E-state index >= 15 is 0 Å². The number of nitrogens with one attached hydrogen (secondary N) is 1. The predicted octanol–water partition coefficient (Wildman–Crippen LogP) is 3.49. The number of thioether (sulfide) groups is 1. The Kier molecular flexibility index (Phi) is 7.37. The van der Waals surface area contributed by atoms with Gasteiger partial charge < -0.3 is 10.2 Å². The minimum Gasteiger partial charge on any atom is -0.357 e. The zero-order valence-electron chi connectivity index (χ0n) is 13.7. The molecule has 0 saturated carbocycles. The second-order valence-electron chi connectivity index (χ2n) is 5.37. The molecule has 1 aromatic carbocycles. The van der Waals surface area contributed by atoms with Crippen molar-refractivity contribution in [2.45, 2.75) is 19.8 Å². The highest BCUT2D eigenvalue weighted by atomic mass is 32.2. The van der Waals surface area contributed by atoms with Gasteiger partial charge in [-0.25, -0.2) is 0 Å². The Morgan fingerprint density at radius 1 is 1.32 bits per heavy atom. The number of guanidine groups is 1. The second-order valence-corrected chi connectivity index (χ2v) is 6.36. The summed E-state index contributed by atoms with van der Waals surface area (Å²) >= 11 is 1.89. The van der Waals surface area contributed by atoms with E-state index in [0.29, 0.717) is 0 Å². The molecule has 0 unspecified atom stereocenters. The fraction of sp³-hybridized carbons (Fsp3) is 0.500. The molecule has 0 atom stereocenters. The lowest BCUT2D eigenvalue weighted by Gasteiger charge is -2.30. The van der Waals surface area contributed by atoms with Crippen LogP contribution in [0.5, 0.6) is 0 Å². The van der Waals surface area contributed by atoms with Crippen LogP contribution >= 0.6 is 11.8 Å². The summed E-state index contributed by atoms with van der Waals surface area (Å²) in [6.45, 7) is 5.95. The van der Waals surface area contributed by atoms with Crippen molar-refractivity contribution >= 4 is 23.3 Å². The van der Waals surface area contributed by atoms with Crippen molar-refractivity contribution in [2.24, 2.45) is 4.99 Å².